The average Bonchev–Trinajstić information content (AvgIpc) is 3.00. The number of thiophene rings is 1. The van der Waals surface area contributed by atoms with Crippen LogP contribution in [0.1, 0.15) is 28.2 Å². The first-order valence-corrected chi connectivity index (χ1v) is 7.42. The molecular formula is C15H14N2O3S. The lowest BCUT2D eigenvalue weighted by atomic mass is 10.1. The molecule has 0 bridgehead atoms. The smallest absolute Gasteiger partial charge is 0.262 e. The van der Waals surface area contributed by atoms with Gasteiger partial charge < -0.3 is 15.4 Å². The first-order chi connectivity index (χ1) is 10.1. The van der Waals surface area contributed by atoms with Gasteiger partial charge in [-0.15, -0.1) is 11.3 Å². The summed E-state index contributed by atoms with van der Waals surface area (Å²) in [5, 5.41) is 7.60. The molecule has 0 saturated heterocycles. The second-order valence-corrected chi connectivity index (χ2v) is 5.74. The zero-order valence-electron chi connectivity index (χ0n) is 11.4. The summed E-state index contributed by atoms with van der Waals surface area (Å²) in [6.07, 6.45) is 0. The van der Waals surface area contributed by atoms with Crippen LogP contribution in [0.3, 0.4) is 0 Å². The van der Waals surface area contributed by atoms with Gasteiger partial charge in [0.1, 0.15) is 5.75 Å². The number of hydrogen-bond acceptors (Lipinski definition) is 4. The number of hydrogen-bond donors (Lipinski definition) is 2. The molecule has 0 unspecified atom stereocenters. The highest BCUT2D eigenvalue weighted by Gasteiger charge is 2.18. The van der Waals surface area contributed by atoms with Crippen molar-refractivity contribution in [1.82, 2.24) is 5.32 Å². The SMILES string of the molecule is C[C@@H](NC(=O)c1ccc2c(c1)NC(=O)CO2)c1cccs1. The Hall–Kier alpha value is -2.34. The maximum Gasteiger partial charge on any atom is 0.262 e. The highest BCUT2D eigenvalue weighted by Crippen LogP contribution is 2.28. The van der Waals surface area contributed by atoms with Crippen molar-refractivity contribution in [3.05, 3.63) is 46.2 Å². The van der Waals surface area contributed by atoms with Crippen LogP contribution < -0.4 is 15.4 Å². The summed E-state index contributed by atoms with van der Waals surface area (Å²) in [7, 11) is 0. The molecule has 0 fully saturated rings. The van der Waals surface area contributed by atoms with E-state index < -0.39 is 0 Å². The molecule has 2 heterocycles. The Morgan fingerprint density at radius 3 is 3.05 bits per heavy atom. The number of nitrogens with one attached hydrogen (secondary N) is 2. The molecule has 21 heavy (non-hydrogen) atoms. The Morgan fingerprint density at radius 1 is 1.43 bits per heavy atom. The second kappa shape index (κ2) is 5.57. The fourth-order valence-electron chi connectivity index (χ4n) is 2.11. The Labute approximate surface area is 125 Å². The van der Waals surface area contributed by atoms with E-state index in [4.69, 9.17) is 4.74 Å². The summed E-state index contributed by atoms with van der Waals surface area (Å²) in [6, 6.07) is 8.89. The second-order valence-electron chi connectivity index (χ2n) is 4.76. The van der Waals surface area contributed by atoms with Crippen molar-refractivity contribution in [3.63, 3.8) is 0 Å². The molecule has 1 aliphatic heterocycles. The molecule has 1 aromatic heterocycles. The van der Waals surface area contributed by atoms with Crippen LogP contribution in [0, 0.1) is 0 Å². The van der Waals surface area contributed by atoms with Crippen LogP contribution in [0.4, 0.5) is 5.69 Å². The molecule has 1 aliphatic rings. The molecule has 2 amide bonds. The molecule has 0 spiro atoms. The van der Waals surface area contributed by atoms with E-state index in [0.717, 1.165) is 4.88 Å². The average molecular weight is 302 g/mol. The summed E-state index contributed by atoms with van der Waals surface area (Å²) < 4.78 is 5.27. The molecule has 108 valence electrons. The molecule has 1 atom stereocenters. The van der Waals surface area contributed by atoms with Crippen molar-refractivity contribution in [3.8, 4) is 5.75 Å². The summed E-state index contributed by atoms with van der Waals surface area (Å²) in [5.74, 6) is 0.183. The van der Waals surface area contributed by atoms with Crippen LogP contribution >= 0.6 is 11.3 Å². The topological polar surface area (TPSA) is 67.4 Å². The highest BCUT2D eigenvalue weighted by atomic mass is 32.1. The van der Waals surface area contributed by atoms with Gasteiger partial charge in [-0.25, -0.2) is 0 Å². The molecule has 0 radical (unpaired) electrons. The normalized spacial score (nSPS) is 14.6. The van der Waals surface area contributed by atoms with Crippen LogP contribution in [0.15, 0.2) is 35.7 Å². The Bertz CT molecular complexity index is 682. The van der Waals surface area contributed by atoms with Crippen LogP contribution in [-0.2, 0) is 4.79 Å². The van der Waals surface area contributed by atoms with Crippen molar-refractivity contribution in [2.24, 2.45) is 0 Å². The van der Waals surface area contributed by atoms with Crippen molar-refractivity contribution in [2.45, 2.75) is 13.0 Å². The lowest BCUT2D eigenvalue weighted by molar-refractivity contribution is -0.118. The molecule has 2 aromatic rings. The van der Waals surface area contributed by atoms with Crippen LogP contribution in [-0.4, -0.2) is 18.4 Å². The molecule has 0 aliphatic carbocycles. The quantitative estimate of drug-likeness (QED) is 0.915. The molecule has 5 nitrogen and oxygen atoms in total. The number of ether oxygens (including phenoxy) is 1. The number of anilines is 1. The number of fused-ring (bicyclic) bond motifs is 1. The van der Waals surface area contributed by atoms with E-state index in [0.29, 0.717) is 17.0 Å². The lowest BCUT2D eigenvalue weighted by Gasteiger charge is -2.19. The third kappa shape index (κ3) is 2.90. The maximum absolute atomic E-state index is 12.3. The highest BCUT2D eigenvalue weighted by molar-refractivity contribution is 7.10. The first-order valence-electron chi connectivity index (χ1n) is 6.54. The standard InChI is InChI=1S/C15H14N2O3S/c1-9(13-3-2-6-21-13)16-15(19)10-4-5-12-11(7-10)17-14(18)8-20-12/h2-7,9H,8H2,1H3,(H,16,19)(H,17,18)/t9-/m1/s1. The van der Waals surface area contributed by atoms with Crippen LogP contribution in [0.25, 0.3) is 0 Å². The van der Waals surface area contributed by atoms with E-state index in [1.54, 1.807) is 29.5 Å². The zero-order valence-corrected chi connectivity index (χ0v) is 12.2. The van der Waals surface area contributed by atoms with Gasteiger partial charge in [0.2, 0.25) is 0 Å². The van der Waals surface area contributed by atoms with Gasteiger partial charge in [0.15, 0.2) is 6.61 Å². The van der Waals surface area contributed by atoms with Crippen LogP contribution in [0.2, 0.25) is 0 Å². The maximum atomic E-state index is 12.3. The molecule has 1 aromatic carbocycles. The van der Waals surface area contributed by atoms with E-state index >= 15 is 0 Å². The summed E-state index contributed by atoms with van der Waals surface area (Å²) in [4.78, 5) is 24.7. The minimum absolute atomic E-state index is 0.00789. The predicted octanol–water partition coefficient (Wildman–Crippen LogP) is 2.57. The van der Waals surface area contributed by atoms with Gasteiger partial charge >= 0.3 is 0 Å². The number of carbonyl (C=O) groups excluding carboxylic acids is 2. The van der Waals surface area contributed by atoms with E-state index in [1.807, 2.05) is 24.4 Å². The number of carbonyl (C=O) groups is 2. The molecule has 3 rings (SSSR count). The van der Waals surface area contributed by atoms with E-state index in [-0.39, 0.29) is 24.5 Å². The van der Waals surface area contributed by atoms with E-state index in [2.05, 4.69) is 10.6 Å². The first kappa shape index (κ1) is 13.6. The fourth-order valence-corrected chi connectivity index (χ4v) is 2.85. The van der Waals surface area contributed by atoms with Crippen molar-refractivity contribution >= 4 is 28.8 Å². The Morgan fingerprint density at radius 2 is 2.29 bits per heavy atom. The van der Waals surface area contributed by atoms with Gasteiger partial charge in [-0.3, -0.25) is 9.59 Å². The van der Waals surface area contributed by atoms with Gasteiger partial charge in [0, 0.05) is 10.4 Å². The van der Waals surface area contributed by atoms with Gasteiger partial charge in [0.25, 0.3) is 11.8 Å². The monoisotopic (exact) mass is 302 g/mol. The Balaban J connectivity index is 1.76. The van der Waals surface area contributed by atoms with Crippen molar-refractivity contribution in [1.29, 1.82) is 0 Å². The van der Waals surface area contributed by atoms with Crippen molar-refractivity contribution in [2.75, 3.05) is 11.9 Å². The van der Waals surface area contributed by atoms with E-state index in [9.17, 15) is 9.59 Å². The molecule has 6 heteroatoms. The Kier molecular flexibility index (Phi) is 3.62. The number of rotatable bonds is 3. The lowest BCUT2D eigenvalue weighted by Crippen LogP contribution is -2.28. The zero-order chi connectivity index (χ0) is 14.8. The number of benzene rings is 1. The van der Waals surface area contributed by atoms with E-state index in [1.165, 1.54) is 0 Å². The molecular weight excluding hydrogens is 288 g/mol. The third-order valence-electron chi connectivity index (χ3n) is 3.19. The van der Waals surface area contributed by atoms with Gasteiger partial charge in [-0.2, -0.15) is 0 Å². The van der Waals surface area contributed by atoms with Crippen LogP contribution in [0.5, 0.6) is 5.75 Å². The predicted molar refractivity (Wildman–Crippen MR) is 80.8 cm³/mol. The van der Waals surface area contributed by atoms with Gasteiger partial charge in [0.05, 0.1) is 11.7 Å². The third-order valence-corrected chi connectivity index (χ3v) is 4.25. The fraction of sp³-hybridized carbons (Fsp3) is 0.200. The molecule has 0 saturated carbocycles. The summed E-state index contributed by atoms with van der Waals surface area (Å²) >= 11 is 1.60. The van der Waals surface area contributed by atoms with Gasteiger partial charge in [-0.05, 0) is 36.6 Å². The summed E-state index contributed by atoms with van der Waals surface area (Å²) in [6.45, 7) is 1.95. The van der Waals surface area contributed by atoms with Crippen molar-refractivity contribution < 1.29 is 14.3 Å². The largest absolute Gasteiger partial charge is 0.482 e. The van der Waals surface area contributed by atoms with Gasteiger partial charge in [-0.1, -0.05) is 6.07 Å². The minimum Gasteiger partial charge on any atom is -0.482 e. The molecule has 2 N–H and O–H groups in total. The number of amides is 2. The summed E-state index contributed by atoms with van der Waals surface area (Å²) in [5.41, 5.74) is 1.02. The minimum atomic E-state index is -0.216.